The van der Waals surface area contributed by atoms with E-state index in [1.54, 1.807) is 18.2 Å². The fraction of sp³-hybridized carbons (Fsp3) is 0.500. The number of nitrogens with zero attached hydrogens (tertiary/aromatic N) is 1. The Morgan fingerprint density at radius 3 is 2.76 bits per heavy atom. The van der Waals surface area contributed by atoms with E-state index in [1.807, 2.05) is 0 Å². The van der Waals surface area contributed by atoms with Gasteiger partial charge in [0.1, 0.15) is 0 Å². The minimum absolute atomic E-state index is 0.0761. The zero-order valence-corrected chi connectivity index (χ0v) is 12.1. The van der Waals surface area contributed by atoms with Crippen molar-refractivity contribution < 1.29 is 18.7 Å². The Kier molecular flexibility index (Phi) is 5.36. The highest BCUT2D eigenvalue weighted by Crippen LogP contribution is 2.23. The first-order valence-electron chi connectivity index (χ1n) is 6.72. The fourth-order valence-corrected chi connectivity index (χ4v) is 2.19. The molecule has 0 atom stereocenters. The third-order valence-electron chi connectivity index (χ3n) is 3.27. The van der Waals surface area contributed by atoms with Gasteiger partial charge in [0, 0.05) is 24.2 Å². The molecule has 1 aromatic carbocycles. The predicted octanol–water partition coefficient (Wildman–Crippen LogP) is 3.34. The first-order chi connectivity index (χ1) is 9.95. The fourth-order valence-electron chi connectivity index (χ4n) is 2.00. The molecule has 1 aliphatic rings. The number of hydrogen-bond donors (Lipinski definition) is 2. The molecule has 1 saturated carbocycles. The number of benzene rings is 1. The zero-order chi connectivity index (χ0) is 15.4. The lowest BCUT2D eigenvalue weighted by atomic mass is 10.1. The molecule has 0 bridgehead atoms. The van der Waals surface area contributed by atoms with E-state index in [0.717, 1.165) is 18.4 Å². The second-order valence-corrected chi connectivity index (χ2v) is 5.54. The number of nitrogens with one attached hydrogen (secondary N) is 1. The molecule has 0 heterocycles. The second kappa shape index (κ2) is 7.04. The van der Waals surface area contributed by atoms with Gasteiger partial charge >= 0.3 is 6.09 Å². The van der Waals surface area contributed by atoms with E-state index in [4.69, 9.17) is 16.7 Å². The van der Waals surface area contributed by atoms with E-state index in [-0.39, 0.29) is 6.54 Å². The number of alkyl halides is 2. The highest BCUT2D eigenvalue weighted by Gasteiger charge is 2.21. The van der Waals surface area contributed by atoms with Crippen molar-refractivity contribution in [2.75, 3.05) is 6.54 Å². The molecule has 21 heavy (non-hydrogen) atoms. The first kappa shape index (κ1) is 16.0. The monoisotopic (exact) mass is 318 g/mol. The lowest BCUT2D eigenvalue weighted by molar-refractivity contribution is 0.0768. The molecule has 2 N–H and O–H groups in total. The second-order valence-electron chi connectivity index (χ2n) is 5.14. The first-order valence-corrected chi connectivity index (χ1v) is 7.10. The molecular weight excluding hydrogens is 302 g/mol. The van der Waals surface area contributed by atoms with Crippen molar-refractivity contribution in [1.29, 1.82) is 0 Å². The summed E-state index contributed by atoms with van der Waals surface area (Å²) in [6.07, 6.45) is -1.75. The molecule has 0 spiro atoms. The molecule has 1 fully saturated rings. The lowest BCUT2D eigenvalue weighted by Gasteiger charge is -2.19. The van der Waals surface area contributed by atoms with Gasteiger partial charge in [-0.2, -0.15) is 0 Å². The Hall–Kier alpha value is -1.40. The minimum atomic E-state index is -2.69. The summed E-state index contributed by atoms with van der Waals surface area (Å²) in [6.45, 7) is -0.278. The summed E-state index contributed by atoms with van der Waals surface area (Å²) < 4.78 is 24.7. The van der Waals surface area contributed by atoms with Crippen LogP contribution in [-0.4, -0.2) is 35.1 Å². The Balaban J connectivity index is 2.03. The number of rotatable bonds is 7. The van der Waals surface area contributed by atoms with Crippen molar-refractivity contribution in [3.05, 3.63) is 34.3 Å². The van der Waals surface area contributed by atoms with E-state index in [0.29, 0.717) is 28.1 Å². The van der Waals surface area contributed by atoms with E-state index in [2.05, 4.69) is 5.32 Å². The number of carbonyl (C=O) groups is 1. The SMILES string of the molecule is O=C(O)N(Cc1ccc(Cl)c(CNC2CC2)c1)CC(F)F. The third-order valence-corrected chi connectivity index (χ3v) is 3.64. The van der Waals surface area contributed by atoms with Gasteiger partial charge in [-0.05, 0) is 30.0 Å². The molecule has 7 heteroatoms. The average molecular weight is 319 g/mol. The predicted molar refractivity (Wildman–Crippen MR) is 75.8 cm³/mol. The Labute approximate surface area is 126 Å². The minimum Gasteiger partial charge on any atom is -0.465 e. The van der Waals surface area contributed by atoms with Crippen molar-refractivity contribution in [3.8, 4) is 0 Å². The van der Waals surface area contributed by atoms with Crippen LogP contribution in [-0.2, 0) is 13.1 Å². The summed E-state index contributed by atoms with van der Waals surface area (Å²) >= 11 is 6.09. The number of carboxylic acid groups (broad SMARTS) is 1. The maximum absolute atomic E-state index is 12.4. The molecule has 1 amide bonds. The third kappa shape index (κ3) is 5.13. The zero-order valence-electron chi connectivity index (χ0n) is 11.4. The van der Waals surface area contributed by atoms with Crippen LogP contribution in [0.5, 0.6) is 0 Å². The van der Waals surface area contributed by atoms with Gasteiger partial charge in [-0.15, -0.1) is 0 Å². The largest absolute Gasteiger partial charge is 0.465 e. The number of halogens is 3. The molecule has 4 nitrogen and oxygen atoms in total. The van der Waals surface area contributed by atoms with Crippen LogP contribution in [0, 0.1) is 0 Å². The highest BCUT2D eigenvalue weighted by molar-refractivity contribution is 6.31. The van der Waals surface area contributed by atoms with Crippen LogP contribution in [0.4, 0.5) is 13.6 Å². The molecule has 116 valence electrons. The van der Waals surface area contributed by atoms with Gasteiger partial charge in [-0.25, -0.2) is 13.6 Å². The Bertz CT molecular complexity index is 510. The molecule has 1 aromatic rings. The molecule has 1 aliphatic carbocycles. The van der Waals surface area contributed by atoms with Gasteiger partial charge < -0.3 is 10.4 Å². The van der Waals surface area contributed by atoms with E-state index in [1.165, 1.54) is 0 Å². The number of hydrogen-bond acceptors (Lipinski definition) is 2. The summed E-state index contributed by atoms with van der Waals surface area (Å²) in [5.74, 6) is 0. The van der Waals surface area contributed by atoms with E-state index >= 15 is 0 Å². The molecule has 0 unspecified atom stereocenters. The van der Waals surface area contributed by atoms with Crippen LogP contribution in [0.1, 0.15) is 24.0 Å². The van der Waals surface area contributed by atoms with Crippen LogP contribution in [0.25, 0.3) is 0 Å². The Morgan fingerprint density at radius 2 is 2.19 bits per heavy atom. The van der Waals surface area contributed by atoms with Crippen molar-refractivity contribution in [1.82, 2.24) is 10.2 Å². The van der Waals surface area contributed by atoms with Gasteiger partial charge in [0.25, 0.3) is 6.43 Å². The average Bonchev–Trinajstić information content (AvgIpc) is 3.22. The normalized spacial score (nSPS) is 14.5. The van der Waals surface area contributed by atoms with Crippen molar-refractivity contribution in [3.63, 3.8) is 0 Å². The van der Waals surface area contributed by atoms with Crippen molar-refractivity contribution in [2.24, 2.45) is 0 Å². The van der Waals surface area contributed by atoms with Crippen molar-refractivity contribution in [2.45, 2.75) is 38.4 Å². The highest BCUT2D eigenvalue weighted by atomic mass is 35.5. The van der Waals surface area contributed by atoms with Gasteiger partial charge in [-0.1, -0.05) is 23.7 Å². The number of amides is 1. The summed E-state index contributed by atoms with van der Waals surface area (Å²) in [4.78, 5) is 11.7. The quantitative estimate of drug-likeness (QED) is 0.810. The summed E-state index contributed by atoms with van der Waals surface area (Å²) in [6, 6.07) is 5.62. The summed E-state index contributed by atoms with van der Waals surface area (Å²) in [5.41, 5.74) is 1.50. The van der Waals surface area contributed by atoms with Crippen LogP contribution in [0.2, 0.25) is 5.02 Å². The summed E-state index contributed by atoms with van der Waals surface area (Å²) in [7, 11) is 0. The molecule has 0 aromatic heterocycles. The van der Waals surface area contributed by atoms with E-state index < -0.39 is 19.1 Å². The van der Waals surface area contributed by atoms with Crippen molar-refractivity contribution >= 4 is 17.7 Å². The van der Waals surface area contributed by atoms with Gasteiger partial charge in [0.15, 0.2) is 0 Å². The standard InChI is InChI=1S/C14H17ClF2N2O2/c15-12-4-1-9(5-10(12)6-18-11-2-3-11)7-19(14(20)21)8-13(16)17/h1,4-5,11,13,18H,2-3,6-8H2,(H,20,21). The summed E-state index contributed by atoms with van der Waals surface area (Å²) in [5, 5.41) is 12.8. The maximum atomic E-state index is 12.4. The van der Waals surface area contributed by atoms with Crippen LogP contribution in [0.3, 0.4) is 0 Å². The Morgan fingerprint density at radius 1 is 1.48 bits per heavy atom. The van der Waals surface area contributed by atoms with Gasteiger partial charge in [0.05, 0.1) is 6.54 Å². The molecular formula is C14H17ClF2N2O2. The van der Waals surface area contributed by atoms with Crippen LogP contribution >= 0.6 is 11.6 Å². The molecule has 0 radical (unpaired) electrons. The maximum Gasteiger partial charge on any atom is 0.407 e. The van der Waals surface area contributed by atoms with E-state index in [9.17, 15) is 13.6 Å². The molecule has 0 saturated heterocycles. The molecule has 0 aliphatic heterocycles. The van der Waals surface area contributed by atoms with Crippen LogP contribution < -0.4 is 5.32 Å². The van der Waals surface area contributed by atoms with Gasteiger partial charge in [0.2, 0.25) is 0 Å². The molecule has 2 rings (SSSR count). The van der Waals surface area contributed by atoms with Crippen LogP contribution in [0.15, 0.2) is 18.2 Å². The van der Waals surface area contributed by atoms with Gasteiger partial charge in [-0.3, -0.25) is 4.90 Å². The smallest absolute Gasteiger partial charge is 0.407 e. The topological polar surface area (TPSA) is 52.6 Å². The lowest BCUT2D eigenvalue weighted by Crippen LogP contribution is -2.33.